The number of hydrogen-bond donors (Lipinski definition) is 1. The molecule has 3 aromatic rings. The third-order valence-electron chi connectivity index (χ3n) is 3.49. The number of thiophene rings is 1. The van der Waals surface area contributed by atoms with Crippen LogP contribution in [0.2, 0.25) is 0 Å². The summed E-state index contributed by atoms with van der Waals surface area (Å²) in [5, 5.41) is 2.72. The maximum Gasteiger partial charge on any atom is 0.412 e. The summed E-state index contributed by atoms with van der Waals surface area (Å²) in [6.07, 6.45) is 2.97. The van der Waals surface area contributed by atoms with Gasteiger partial charge in [-0.15, -0.1) is 11.3 Å². The molecule has 27 heavy (non-hydrogen) atoms. The second-order valence-electron chi connectivity index (χ2n) is 6.80. The van der Waals surface area contributed by atoms with Crippen molar-refractivity contribution in [1.82, 2.24) is 9.38 Å². The number of carbonyl (C=O) groups excluding carboxylic acids is 2. The molecule has 0 radical (unpaired) electrons. The number of carbonyl (C=O) groups is 2. The van der Waals surface area contributed by atoms with Crippen molar-refractivity contribution < 1.29 is 19.1 Å². The fraction of sp³-hybridized carbons (Fsp3) is 0.316. The molecule has 142 valence electrons. The Kier molecular flexibility index (Phi) is 5.18. The molecule has 0 atom stereocenters. The molecule has 3 aromatic heterocycles. The maximum atomic E-state index is 12.0. The van der Waals surface area contributed by atoms with E-state index in [2.05, 4.69) is 10.3 Å². The fourth-order valence-electron chi connectivity index (χ4n) is 2.45. The minimum atomic E-state index is -0.575. The van der Waals surface area contributed by atoms with Crippen LogP contribution in [0.1, 0.15) is 37.4 Å². The van der Waals surface area contributed by atoms with Gasteiger partial charge in [0.15, 0.2) is 0 Å². The number of fused-ring (bicyclic) bond motifs is 1. The third kappa shape index (κ3) is 4.46. The zero-order valence-electron chi connectivity index (χ0n) is 15.6. The van der Waals surface area contributed by atoms with Crippen LogP contribution in [0.25, 0.3) is 16.2 Å². The molecule has 0 saturated carbocycles. The molecule has 0 saturated heterocycles. The van der Waals surface area contributed by atoms with Crippen LogP contribution in [0.4, 0.5) is 10.5 Å². The first-order valence-electron chi connectivity index (χ1n) is 8.51. The normalized spacial score (nSPS) is 11.4. The minimum absolute atomic E-state index is 0.335. The van der Waals surface area contributed by atoms with Crippen molar-refractivity contribution in [1.29, 1.82) is 0 Å². The van der Waals surface area contributed by atoms with Gasteiger partial charge < -0.3 is 9.47 Å². The summed E-state index contributed by atoms with van der Waals surface area (Å²) in [5.41, 5.74) is 1.55. The molecule has 8 heteroatoms. The molecule has 0 aliphatic heterocycles. The van der Waals surface area contributed by atoms with Gasteiger partial charge in [0.1, 0.15) is 16.1 Å². The van der Waals surface area contributed by atoms with E-state index < -0.39 is 11.7 Å². The lowest BCUT2D eigenvalue weighted by Crippen LogP contribution is -2.27. The Balaban J connectivity index is 1.87. The van der Waals surface area contributed by atoms with Crippen molar-refractivity contribution in [3.8, 4) is 10.6 Å². The summed E-state index contributed by atoms with van der Waals surface area (Å²) in [5.74, 6) is -0.338. The number of esters is 1. The summed E-state index contributed by atoms with van der Waals surface area (Å²) in [4.78, 5) is 29.7. The second kappa shape index (κ2) is 7.40. The van der Waals surface area contributed by atoms with Crippen LogP contribution in [0.15, 0.2) is 36.7 Å². The topological polar surface area (TPSA) is 81.9 Å². The van der Waals surface area contributed by atoms with Crippen molar-refractivity contribution >= 4 is 34.7 Å². The van der Waals surface area contributed by atoms with E-state index in [1.807, 2.05) is 31.2 Å². The van der Waals surface area contributed by atoms with Gasteiger partial charge in [-0.2, -0.15) is 0 Å². The van der Waals surface area contributed by atoms with E-state index >= 15 is 0 Å². The molecular weight excluding hydrogens is 366 g/mol. The van der Waals surface area contributed by atoms with E-state index in [4.69, 9.17) is 9.47 Å². The van der Waals surface area contributed by atoms with Gasteiger partial charge in [0.05, 0.1) is 29.1 Å². The van der Waals surface area contributed by atoms with Gasteiger partial charge in [0.25, 0.3) is 0 Å². The zero-order valence-corrected chi connectivity index (χ0v) is 16.4. The number of nitrogens with one attached hydrogen (secondary N) is 1. The van der Waals surface area contributed by atoms with Gasteiger partial charge in [-0.05, 0) is 52.0 Å². The lowest BCUT2D eigenvalue weighted by Gasteiger charge is -2.19. The molecule has 0 bridgehead atoms. The number of nitrogens with zero attached hydrogens (tertiary/aromatic N) is 2. The molecule has 0 aromatic carbocycles. The van der Waals surface area contributed by atoms with Gasteiger partial charge in [-0.1, -0.05) is 0 Å². The lowest BCUT2D eigenvalue weighted by atomic mass is 10.2. The summed E-state index contributed by atoms with van der Waals surface area (Å²) in [6, 6.07) is 7.15. The van der Waals surface area contributed by atoms with Crippen molar-refractivity contribution in [2.45, 2.75) is 33.3 Å². The third-order valence-corrected chi connectivity index (χ3v) is 4.57. The van der Waals surface area contributed by atoms with E-state index in [1.54, 1.807) is 37.5 Å². The summed E-state index contributed by atoms with van der Waals surface area (Å²) < 4.78 is 12.2. The van der Waals surface area contributed by atoms with E-state index in [0.29, 0.717) is 17.2 Å². The predicted octanol–water partition coefficient (Wildman–Crippen LogP) is 4.59. The Hall–Kier alpha value is -2.87. The van der Waals surface area contributed by atoms with Crippen LogP contribution >= 0.6 is 11.3 Å². The first kappa shape index (κ1) is 18.9. The number of aromatic nitrogens is 2. The smallest absolute Gasteiger partial charge is 0.412 e. The van der Waals surface area contributed by atoms with Crippen LogP contribution < -0.4 is 5.32 Å². The number of hydrogen-bond acceptors (Lipinski definition) is 6. The fourth-order valence-corrected chi connectivity index (χ4v) is 3.35. The number of pyridine rings is 1. The summed E-state index contributed by atoms with van der Waals surface area (Å²) in [6.45, 7) is 7.53. The largest absolute Gasteiger partial charge is 0.462 e. The zero-order chi connectivity index (χ0) is 19.6. The maximum absolute atomic E-state index is 12.0. The van der Waals surface area contributed by atoms with E-state index in [0.717, 1.165) is 16.2 Å². The van der Waals surface area contributed by atoms with Gasteiger partial charge in [0, 0.05) is 6.20 Å². The van der Waals surface area contributed by atoms with Crippen molar-refractivity contribution in [2.24, 2.45) is 0 Å². The molecule has 7 nitrogen and oxygen atoms in total. The van der Waals surface area contributed by atoms with Crippen LogP contribution in [0, 0.1) is 0 Å². The van der Waals surface area contributed by atoms with Crippen LogP contribution in [-0.4, -0.2) is 33.7 Å². The number of anilines is 1. The average Bonchev–Trinajstić information content (AvgIpc) is 3.19. The highest BCUT2D eigenvalue weighted by Crippen LogP contribution is 2.30. The van der Waals surface area contributed by atoms with Crippen molar-refractivity contribution in [3.63, 3.8) is 0 Å². The Morgan fingerprint density at radius 1 is 1.22 bits per heavy atom. The highest BCUT2D eigenvalue weighted by Gasteiger charge is 2.17. The molecule has 0 aliphatic rings. The van der Waals surface area contributed by atoms with E-state index in [1.165, 1.54) is 11.3 Å². The van der Waals surface area contributed by atoms with Gasteiger partial charge >= 0.3 is 12.1 Å². The Labute approximate surface area is 160 Å². The second-order valence-corrected chi connectivity index (χ2v) is 7.88. The first-order valence-corrected chi connectivity index (χ1v) is 9.33. The molecule has 0 spiro atoms. The first-order chi connectivity index (χ1) is 12.8. The minimum Gasteiger partial charge on any atom is -0.462 e. The van der Waals surface area contributed by atoms with Crippen LogP contribution in [0.3, 0.4) is 0 Å². The van der Waals surface area contributed by atoms with Crippen molar-refractivity contribution in [2.75, 3.05) is 11.9 Å². The molecule has 0 unspecified atom stereocenters. The Bertz CT molecular complexity index is 984. The van der Waals surface area contributed by atoms with Gasteiger partial charge in [-0.3, -0.25) is 9.72 Å². The van der Waals surface area contributed by atoms with Crippen LogP contribution in [-0.2, 0) is 9.47 Å². The molecule has 0 aliphatic carbocycles. The Morgan fingerprint density at radius 3 is 2.70 bits per heavy atom. The van der Waals surface area contributed by atoms with Gasteiger partial charge in [-0.25, -0.2) is 14.6 Å². The highest BCUT2D eigenvalue weighted by molar-refractivity contribution is 7.17. The SMILES string of the molecule is CCOC(=O)c1ccc(-c2cnc3ccc(NC(=O)OC(C)(C)C)cn23)s1. The number of imidazole rings is 1. The molecular formula is C19H21N3O4S. The summed E-state index contributed by atoms with van der Waals surface area (Å²) in [7, 11) is 0. The molecule has 1 N–H and O–H groups in total. The average molecular weight is 387 g/mol. The number of rotatable bonds is 4. The van der Waals surface area contributed by atoms with Crippen LogP contribution in [0.5, 0.6) is 0 Å². The summed E-state index contributed by atoms with van der Waals surface area (Å²) >= 11 is 1.33. The number of amides is 1. The molecule has 3 rings (SSSR count). The number of ether oxygens (including phenoxy) is 2. The monoisotopic (exact) mass is 387 g/mol. The molecule has 3 heterocycles. The van der Waals surface area contributed by atoms with Gasteiger partial charge in [0.2, 0.25) is 0 Å². The quantitative estimate of drug-likeness (QED) is 0.662. The molecule has 0 fully saturated rings. The van der Waals surface area contributed by atoms with E-state index in [-0.39, 0.29) is 5.97 Å². The predicted molar refractivity (Wildman–Crippen MR) is 104 cm³/mol. The van der Waals surface area contributed by atoms with Crippen molar-refractivity contribution in [3.05, 3.63) is 41.5 Å². The standard InChI is InChI=1S/C19H21N3O4S/c1-5-25-17(23)15-8-7-14(27-15)13-10-20-16-9-6-12(11-22(13)16)21-18(24)26-19(2,3)4/h6-11H,5H2,1-4H3,(H,21,24). The lowest BCUT2D eigenvalue weighted by molar-refractivity contribution is 0.0531. The highest BCUT2D eigenvalue weighted by atomic mass is 32.1. The Morgan fingerprint density at radius 2 is 2.00 bits per heavy atom. The van der Waals surface area contributed by atoms with E-state index in [9.17, 15) is 9.59 Å². The molecule has 1 amide bonds.